The first kappa shape index (κ1) is 12.8. The van der Waals surface area contributed by atoms with Gasteiger partial charge in [0.25, 0.3) is 5.91 Å². The van der Waals surface area contributed by atoms with Crippen LogP contribution in [-0.2, 0) is 4.79 Å². The van der Waals surface area contributed by atoms with Crippen LogP contribution in [0.2, 0.25) is 5.02 Å². The van der Waals surface area contributed by atoms with E-state index in [4.69, 9.17) is 11.6 Å². The topological polar surface area (TPSA) is 58.2 Å². The molecule has 6 heteroatoms. The molecule has 0 radical (unpaired) electrons. The van der Waals surface area contributed by atoms with Crippen molar-refractivity contribution < 1.29 is 14.0 Å². The summed E-state index contributed by atoms with van der Waals surface area (Å²) in [6.07, 6.45) is 0.980. The van der Waals surface area contributed by atoms with Gasteiger partial charge in [-0.1, -0.05) is 11.6 Å². The first-order chi connectivity index (χ1) is 8.56. The lowest BCUT2D eigenvalue weighted by Gasteiger charge is -2.23. The summed E-state index contributed by atoms with van der Waals surface area (Å²) in [6, 6.07) is 3.78. The first-order valence-corrected chi connectivity index (χ1v) is 5.96. The molecular weight excluding hydrogens is 259 g/mol. The van der Waals surface area contributed by atoms with Crippen LogP contribution in [0.1, 0.15) is 23.2 Å². The lowest BCUT2D eigenvalue weighted by molar-refractivity contribution is -0.122. The van der Waals surface area contributed by atoms with Gasteiger partial charge in [0.05, 0.1) is 5.02 Å². The molecule has 0 saturated carbocycles. The van der Waals surface area contributed by atoms with E-state index < -0.39 is 5.82 Å². The van der Waals surface area contributed by atoms with Gasteiger partial charge in [-0.05, 0) is 24.6 Å². The Hall–Kier alpha value is -1.62. The van der Waals surface area contributed by atoms with E-state index in [9.17, 15) is 14.0 Å². The maximum absolute atomic E-state index is 13.2. The molecule has 1 unspecified atom stereocenters. The van der Waals surface area contributed by atoms with E-state index in [0.717, 1.165) is 6.07 Å². The minimum Gasteiger partial charge on any atom is -0.354 e. The van der Waals surface area contributed by atoms with Crippen LogP contribution in [-0.4, -0.2) is 24.4 Å². The molecule has 1 fully saturated rings. The standard InChI is InChI=1S/C12H12ClFN2O2/c13-9-3-1-7(5-10(9)14)12(18)16-8-2-4-11(17)15-6-8/h1,3,5,8H,2,4,6H2,(H,15,17)(H,16,18). The van der Waals surface area contributed by atoms with Gasteiger partial charge in [0.15, 0.2) is 0 Å². The van der Waals surface area contributed by atoms with Crippen LogP contribution in [0.5, 0.6) is 0 Å². The van der Waals surface area contributed by atoms with Crippen LogP contribution in [0.3, 0.4) is 0 Å². The van der Waals surface area contributed by atoms with Crippen molar-refractivity contribution in [1.82, 2.24) is 10.6 Å². The zero-order chi connectivity index (χ0) is 13.1. The van der Waals surface area contributed by atoms with Crippen LogP contribution < -0.4 is 10.6 Å². The Morgan fingerprint density at radius 3 is 2.89 bits per heavy atom. The molecular formula is C12H12ClFN2O2. The van der Waals surface area contributed by atoms with Gasteiger partial charge < -0.3 is 10.6 Å². The Balaban J connectivity index is 1.99. The highest BCUT2D eigenvalue weighted by molar-refractivity contribution is 6.30. The maximum Gasteiger partial charge on any atom is 0.251 e. The summed E-state index contributed by atoms with van der Waals surface area (Å²) in [5.41, 5.74) is 0.216. The SMILES string of the molecule is O=C1CCC(NC(=O)c2ccc(Cl)c(F)c2)CN1. The summed E-state index contributed by atoms with van der Waals surface area (Å²) in [5.74, 6) is -1.01. The molecule has 1 aromatic rings. The molecule has 0 bridgehead atoms. The second-order valence-electron chi connectivity index (χ2n) is 4.14. The molecule has 1 saturated heterocycles. The monoisotopic (exact) mass is 270 g/mol. The third-order valence-electron chi connectivity index (χ3n) is 2.78. The van der Waals surface area contributed by atoms with Crippen molar-refractivity contribution in [2.75, 3.05) is 6.54 Å². The Bertz CT molecular complexity index is 483. The summed E-state index contributed by atoms with van der Waals surface area (Å²) in [6.45, 7) is 0.403. The highest BCUT2D eigenvalue weighted by Gasteiger charge is 2.20. The Morgan fingerprint density at radius 1 is 1.50 bits per heavy atom. The van der Waals surface area contributed by atoms with Gasteiger partial charge in [0.2, 0.25) is 5.91 Å². The predicted octanol–water partition coefficient (Wildman–Crippen LogP) is 1.49. The van der Waals surface area contributed by atoms with Crippen LogP contribution in [0.25, 0.3) is 0 Å². The number of benzene rings is 1. The number of piperidine rings is 1. The molecule has 2 rings (SSSR count). The van der Waals surface area contributed by atoms with Gasteiger partial charge in [-0.3, -0.25) is 9.59 Å². The smallest absolute Gasteiger partial charge is 0.251 e. The molecule has 1 aromatic carbocycles. The lowest BCUT2D eigenvalue weighted by atomic mass is 10.1. The number of rotatable bonds is 2. The van der Waals surface area contributed by atoms with E-state index in [2.05, 4.69) is 10.6 Å². The molecule has 4 nitrogen and oxygen atoms in total. The zero-order valence-electron chi connectivity index (χ0n) is 9.50. The van der Waals surface area contributed by atoms with Crippen LogP contribution in [0.4, 0.5) is 4.39 Å². The molecule has 0 aliphatic carbocycles. The van der Waals surface area contributed by atoms with Gasteiger partial charge in [0, 0.05) is 24.6 Å². The van der Waals surface area contributed by atoms with Crippen molar-refractivity contribution in [2.24, 2.45) is 0 Å². The third kappa shape index (κ3) is 2.98. The third-order valence-corrected chi connectivity index (χ3v) is 3.09. The fourth-order valence-electron chi connectivity index (χ4n) is 1.76. The van der Waals surface area contributed by atoms with E-state index in [-0.39, 0.29) is 28.4 Å². The largest absolute Gasteiger partial charge is 0.354 e. The summed E-state index contributed by atoms with van der Waals surface area (Å²) >= 11 is 5.54. The van der Waals surface area contributed by atoms with Crippen molar-refractivity contribution in [3.8, 4) is 0 Å². The van der Waals surface area contributed by atoms with Crippen molar-refractivity contribution in [3.63, 3.8) is 0 Å². The second kappa shape index (κ2) is 5.35. The van der Waals surface area contributed by atoms with Crippen LogP contribution >= 0.6 is 11.6 Å². The number of hydrogen-bond donors (Lipinski definition) is 2. The number of halogens is 2. The van der Waals surface area contributed by atoms with Crippen molar-refractivity contribution >= 4 is 23.4 Å². The Morgan fingerprint density at radius 2 is 2.28 bits per heavy atom. The highest BCUT2D eigenvalue weighted by Crippen LogP contribution is 2.15. The first-order valence-electron chi connectivity index (χ1n) is 5.59. The molecule has 1 heterocycles. The molecule has 1 aliphatic heterocycles. The molecule has 0 spiro atoms. The lowest BCUT2D eigenvalue weighted by Crippen LogP contribution is -2.47. The summed E-state index contributed by atoms with van der Waals surface area (Å²) in [4.78, 5) is 22.8. The molecule has 2 N–H and O–H groups in total. The minimum atomic E-state index is -0.624. The molecule has 1 atom stereocenters. The molecule has 0 aromatic heterocycles. The van der Waals surface area contributed by atoms with E-state index >= 15 is 0 Å². The van der Waals surface area contributed by atoms with Gasteiger partial charge >= 0.3 is 0 Å². The fourth-order valence-corrected chi connectivity index (χ4v) is 1.88. The summed E-state index contributed by atoms with van der Waals surface area (Å²) in [5, 5.41) is 5.38. The molecule has 18 heavy (non-hydrogen) atoms. The maximum atomic E-state index is 13.2. The number of amides is 2. The van der Waals surface area contributed by atoms with E-state index in [0.29, 0.717) is 19.4 Å². The summed E-state index contributed by atoms with van der Waals surface area (Å²) < 4.78 is 13.2. The quantitative estimate of drug-likeness (QED) is 0.855. The number of carbonyl (C=O) groups is 2. The van der Waals surface area contributed by atoms with Gasteiger partial charge in [-0.25, -0.2) is 4.39 Å². The highest BCUT2D eigenvalue weighted by atomic mass is 35.5. The van der Waals surface area contributed by atoms with Crippen molar-refractivity contribution in [3.05, 3.63) is 34.6 Å². The number of nitrogens with one attached hydrogen (secondary N) is 2. The molecule has 2 amide bonds. The van der Waals surface area contributed by atoms with Crippen molar-refractivity contribution in [1.29, 1.82) is 0 Å². The van der Waals surface area contributed by atoms with Crippen LogP contribution in [0, 0.1) is 5.82 Å². The molecule has 1 aliphatic rings. The second-order valence-corrected chi connectivity index (χ2v) is 4.55. The normalized spacial score (nSPS) is 19.2. The summed E-state index contributed by atoms with van der Waals surface area (Å²) in [7, 11) is 0. The zero-order valence-corrected chi connectivity index (χ0v) is 10.3. The van der Waals surface area contributed by atoms with Gasteiger partial charge in [-0.15, -0.1) is 0 Å². The number of carbonyl (C=O) groups excluding carboxylic acids is 2. The van der Waals surface area contributed by atoms with E-state index in [1.54, 1.807) is 0 Å². The predicted molar refractivity (Wildman–Crippen MR) is 64.9 cm³/mol. The van der Waals surface area contributed by atoms with E-state index in [1.165, 1.54) is 12.1 Å². The average molecular weight is 271 g/mol. The van der Waals surface area contributed by atoms with Gasteiger partial charge in [0.1, 0.15) is 5.82 Å². The van der Waals surface area contributed by atoms with Gasteiger partial charge in [-0.2, -0.15) is 0 Å². The van der Waals surface area contributed by atoms with Crippen LogP contribution in [0.15, 0.2) is 18.2 Å². The fraction of sp³-hybridized carbons (Fsp3) is 0.333. The van der Waals surface area contributed by atoms with E-state index in [1.807, 2.05) is 0 Å². The Kier molecular flexibility index (Phi) is 3.81. The van der Waals surface area contributed by atoms with Crippen molar-refractivity contribution in [2.45, 2.75) is 18.9 Å². The Labute approximate surface area is 109 Å². The minimum absolute atomic E-state index is 0.0157. The molecule has 96 valence electrons. The number of hydrogen-bond acceptors (Lipinski definition) is 2. The average Bonchev–Trinajstić information content (AvgIpc) is 2.35.